The van der Waals surface area contributed by atoms with Crippen LogP contribution in [0.25, 0.3) is 0 Å². The number of Topliss-reactive ketones (excluding diaryl/α,β-unsaturated/α-hetero) is 1. The summed E-state index contributed by atoms with van der Waals surface area (Å²) in [6.07, 6.45) is 0. The number of thiophene rings is 1. The standard InChI is InChI=1S/C24H22FN3O3S/c1-16(29)17-6-7-22(20(25)14-17)27-9-11-28(12-10-27)24(31)19-4-2-3-5-21(19)26-23(30)18-8-13-32-15-18/h2-8,13-15H,9-12H2,1H3,(H,26,30). The number of nitrogens with one attached hydrogen (secondary N) is 1. The van der Waals surface area contributed by atoms with Gasteiger partial charge in [-0.2, -0.15) is 11.3 Å². The van der Waals surface area contributed by atoms with Crippen LogP contribution in [0.5, 0.6) is 0 Å². The maximum atomic E-state index is 14.5. The molecule has 1 aromatic heterocycles. The van der Waals surface area contributed by atoms with Crippen LogP contribution in [0.4, 0.5) is 15.8 Å². The van der Waals surface area contributed by atoms with Crippen molar-refractivity contribution in [1.82, 2.24) is 4.90 Å². The van der Waals surface area contributed by atoms with E-state index in [9.17, 15) is 18.8 Å². The lowest BCUT2D eigenvalue weighted by atomic mass is 10.1. The molecule has 1 fully saturated rings. The van der Waals surface area contributed by atoms with Gasteiger partial charge in [-0.3, -0.25) is 14.4 Å². The number of anilines is 2. The molecule has 6 nitrogen and oxygen atoms in total. The van der Waals surface area contributed by atoms with E-state index >= 15 is 0 Å². The minimum Gasteiger partial charge on any atom is -0.366 e. The first-order chi connectivity index (χ1) is 15.4. The lowest BCUT2D eigenvalue weighted by Crippen LogP contribution is -2.49. The van der Waals surface area contributed by atoms with Crippen molar-refractivity contribution in [3.63, 3.8) is 0 Å². The molecular formula is C24H22FN3O3S. The van der Waals surface area contributed by atoms with E-state index in [2.05, 4.69) is 5.32 Å². The Hall–Kier alpha value is -3.52. The van der Waals surface area contributed by atoms with Gasteiger partial charge in [-0.1, -0.05) is 12.1 Å². The maximum Gasteiger partial charge on any atom is 0.256 e. The normalized spacial score (nSPS) is 13.7. The predicted octanol–water partition coefficient (Wildman–Crippen LogP) is 4.30. The number of nitrogens with zero attached hydrogens (tertiary/aromatic N) is 2. The first-order valence-corrected chi connectivity index (χ1v) is 11.2. The Morgan fingerprint density at radius 2 is 1.72 bits per heavy atom. The molecule has 0 atom stereocenters. The van der Waals surface area contributed by atoms with Gasteiger partial charge in [-0.05, 0) is 48.7 Å². The van der Waals surface area contributed by atoms with Gasteiger partial charge in [0.15, 0.2) is 5.78 Å². The zero-order valence-electron chi connectivity index (χ0n) is 17.5. The van der Waals surface area contributed by atoms with E-state index in [1.165, 1.54) is 24.3 Å². The monoisotopic (exact) mass is 451 g/mol. The van der Waals surface area contributed by atoms with Gasteiger partial charge in [0.05, 0.1) is 22.5 Å². The summed E-state index contributed by atoms with van der Waals surface area (Å²) in [6.45, 7) is 3.16. The molecule has 0 saturated carbocycles. The molecule has 2 amide bonds. The van der Waals surface area contributed by atoms with E-state index in [4.69, 9.17) is 0 Å². The van der Waals surface area contributed by atoms with Crippen LogP contribution < -0.4 is 10.2 Å². The number of rotatable bonds is 5. The smallest absolute Gasteiger partial charge is 0.256 e. The summed E-state index contributed by atoms with van der Waals surface area (Å²) >= 11 is 1.43. The average Bonchev–Trinajstić information content (AvgIpc) is 3.34. The van der Waals surface area contributed by atoms with E-state index < -0.39 is 5.82 Å². The molecule has 0 aliphatic carbocycles. The minimum absolute atomic E-state index is 0.182. The molecule has 1 aliphatic heterocycles. The van der Waals surface area contributed by atoms with Crippen LogP contribution in [0.2, 0.25) is 0 Å². The molecule has 1 aliphatic rings. The van der Waals surface area contributed by atoms with Crippen molar-refractivity contribution in [1.29, 1.82) is 0 Å². The SMILES string of the molecule is CC(=O)c1ccc(N2CCN(C(=O)c3ccccc3NC(=O)c3ccsc3)CC2)c(F)c1. The minimum atomic E-state index is -0.445. The predicted molar refractivity (Wildman–Crippen MR) is 123 cm³/mol. The molecule has 1 saturated heterocycles. The second kappa shape index (κ2) is 9.32. The molecule has 3 aromatic rings. The second-order valence-electron chi connectivity index (χ2n) is 7.51. The number of piperazine rings is 1. The summed E-state index contributed by atoms with van der Waals surface area (Å²) in [4.78, 5) is 40.6. The highest BCUT2D eigenvalue weighted by molar-refractivity contribution is 7.08. The topological polar surface area (TPSA) is 69.7 Å². The van der Waals surface area contributed by atoms with E-state index in [1.807, 2.05) is 10.3 Å². The van der Waals surface area contributed by atoms with E-state index in [0.29, 0.717) is 54.2 Å². The summed E-state index contributed by atoms with van der Waals surface area (Å²) in [6, 6.07) is 13.1. The Kier molecular flexibility index (Phi) is 6.32. The number of halogens is 1. The molecule has 4 rings (SSSR count). The van der Waals surface area contributed by atoms with E-state index in [0.717, 1.165) is 0 Å². The Bertz CT molecular complexity index is 1160. The van der Waals surface area contributed by atoms with Crippen LogP contribution >= 0.6 is 11.3 Å². The van der Waals surface area contributed by atoms with Crippen molar-refractivity contribution in [2.45, 2.75) is 6.92 Å². The number of carbonyl (C=O) groups is 3. The molecule has 164 valence electrons. The Balaban J connectivity index is 1.44. The van der Waals surface area contributed by atoms with Crippen LogP contribution in [0.15, 0.2) is 59.3 Å². The number of para-hydroxylation sites is 1. The van der Waals surface area contributed by atoms with E-state index in [1.54, 1.807) is 52.7 Å². The lowest BCUT2D eigenvalue weighted by Gasteiger charge is -2.36. The van der Waals surface area contributed by atoms with Crippen LogP contribution in [-0.2, 0) is 0 Å². The van der Waals surface area contributed by atoms with Crippen LogP contribution in [0.3, 0.4) is 0 Å². The summed E-state index contributed by atoms with van der Waals surface area (Å²) < 4.78 is 14.5. The quantitative estimate of drug-likeness (QED) is 0.587. The fourth-order valence-corrected chi connectivity index (χ4v) is 4.31. The molecule has 2 aromatic carbocycles. The van der Waals surface area contributed by atoms with Crippen molar-refractivity contribution >= 4 is 40.3 Å². The van der Waals surface area contributed by atoms with Gasteiger partial charge < -0.3 is 15.1 Å². The van der Waals surface area contributed by atoms with Crippen molar-refractivity contribution < 1.29 is 18.8 Å². The van der Waals surface area contributed by atoms with Gasteiger partial charge in [0.1, 0.15) is 5.82 Å². The number of ketones is 1. The fourth-order valence-electron chi connectivity index (χ4n) is 3.67. The molecule has 0 bridgehead atoms. The first-order valence-electron chi connectivity index (χ1n) is 10.2. The van der Waals surface area contributed by atoms with Gasteiger partial charge in [-0.15, -0.1) is 0 Å². The number of carbonyl (C=O) groups excluding carboxylic acids is 3. The second-order valence-corrected chi connectivity index (χ2v) is 8.29. The van der Waals surface area contributed by atoms with Gasteiger partial charge in [0.25, 0.3) is 11.8 Å². The number of hydrogen-bond donors (Lipinski definition) is 1. The van der Waals surface area contributed by atoms with Crippen molar-refractivity contribution in [3.8, 4) is 0 Å². The Labute approximate surface area is 189 Å². The first kappa shape index (κ1) is 21.7. The highest BCUT2D eigenvalue weighted by Crippen LogP contribution is 2.24. The van der Waals surface area contributed by atoms with Crippen molar-refractivity contribution in [2.75, 3.05) is 36.4 Å². The summed E-state index contributed by atoms with van der Waals surface area (Å²) in [7, 11) is 0. The molecule has 0 spiro atoms. The molecule has 2 heterocycles. The van der Waals surface area contributed by atoms with Crippen molar-refractivity contribution in [2.24, 2.45) is 0 Å². The fraction of sp³-hybridized carbons (Fsp3) is 0.208. The number of hydrogen-bond acceptors (Lipinski definition) is 5. The van der Waals surface area contributed by atoms with Gasteiger partial charge in [0, 0.05) is 37.1 Å². The molecule has 0 radical (unpaired) electrons. The van der Waals surface area contributed by atoms with Crippen LogP contribution in [0, 0.1) is 5.82 Å². The molecule has 8 heteroatoms. The number of benzene rings is 2. The number of amides is 2. The highest BCUT2D eigenvalue weighted by atomic mass is 32.1. The third-order valence-electron chi connectivity index (χ3n) is 5.45. The van der Waals surface area contributed by atoms with Crippen molar-refractivity contribution in [3.05, 3.63) is 81.8 Å². The van der Waals surface area contributed by atoms with Gasteiger partial charge in [0.2, 0.25) is 0 Å². The third kappa shape index (κ3) is 4.55. The maximum absolute atomic E-state index is 14.5. The largest absolute Gasteiger partial charge is 0.366 e. The van der Waals surface area contributed by atoms with E-state index in [-0.39, 0.29) is 17.6 Å². The molecule has 0 unspecified atom stereocenters. The summed E-state index contributed by atoms with van der Waals surface area (Å²) in [5, 5.41) is 6.39. The zero-order chi connectivity index (χ0) is 22.7. The molecule has 32 heavy (non-hydrogen) atoms. The van der Waals surface area contributed by atoms with Crippen LogP contribution in [-0.4, -0.2) is 48.7 Å². The summed E-state index contributed by atoms with van der Waals surface area (Å²) in [5.74, 6) is -1.08. The zero-order valence-corrected chi connectivity index (χ0v) is 18.3. The summed E-state index contributed by atoms with van der Waals surface area (Å²) in [5.41, 5.74) is 2.18. The molecule has 1 N–H and O–H groups in total. The Morgan fingerprint density at radius 3 is 2.38 bits per heavy atom. The van der Waals surface area contributed by atoms with Crippen LogP contribution in [0.1, 0.15) is 38.0 Å². The third-order valence-corrected chi connectivity index (χ3v) is 6.13. The molecular weight excluding hydrogens is 429 g/mol. The lowest BCUT2D eigenvalue weighted by molar-refractivity contribution is 0.0747. The highest BCUT2D eigenvalue weighted by Gasteiger charge is 2.25. The van der Waals surface area contributed by atoms with Gasteiger partial charge >= 0.3 is 0 Å². The van der Waals surface area contributed by atoms with Gasteiger partial charge in [-0.25, -0.2) is 4.39 Å². The average molecular weight is 452 g/mol. The Morgan fingerprint density at radius 1 is 0.969 bits per heavy atom.